The average molecular weight is 320 g/mol. The number of ether oxygens (including phenoxy) is 1. The Labute approximate surface area is 139 Å². The van der Waals surface area contributed by atoms with E-state index in [0.717, 1.165) is 11.3 Å². The van der Waals surface area contributed by atoms with Crippen molar-refractivity contribution in [2.75, 3.05) is 20.2 Å². The van der Waals surface area contributed by atoms with Crippen LogP contribution >= 0.6 is 0 Å². The van der Waals surface area contributed by atoms with Crippen molar-refractivity contribution >= 4 is 11.8 Å². The van der Waals surface area contributed by atoms with Crippen molar-refractivity contribution in [3.63, 3.8) is 0 Å². The van der Waals surface area contributed by atoms with Crippen LogP contribution in [-0.4, -0.2) is 36.9 Å². The zero-order chi connectivity index (χ0) is 17.5. The van der Waals surface area contributed by atoms with Gasteiger partial charge in [0.15, 0.2) is 0 Å². The average Bonchev–Trinajstić information content (AvgIpc) is 2.51. The number of hydrogen-bond acceptors (Lipinski definition) is 3. The minimum absolute atomic E-state index is 0.0384. The Bertz CT molecular complexity index is 518. The van der Waals surface area contributed by atoms with Gasteiger partial charge in [0.05, 0.1) is 7.11 Å². The number of benzene rings is 1. The first-order valence-electron chi connectivity index (χ1n) is 7.97. The number of hydrogen-bond donors (Lipinski definition) is 1. The summed E-state index contributed by atoms with van der Waals surface area (Å²) in [5, 5.41) is 2.81. The van der Waals surface area contributed by atoms with Crippen molar-refractivity contribution in [1.29, 1.82) is 0 Å². The number of nitrogens with zero attached hydrogens (tertiary/aromatic N) is 1. The van der Waals surface area contributed by atoms with Crippen LogP contribution in [0.4, 0.5) is 0 Å². The number of carbonyl (C=O) groups is 2. The maximum atomic E-state index is 12.3. The summed E-state index contributed by atoms with van der Waals surface area (Å²) in [6.07, 6.45) is 0.311. The lowest BCUT2D eigenvalue weighted by Gasteiger charge is -2.22. The molecule has 1 aromatic carbocycles. The lowest BCUT2D eigenvalue weighted by Crippen LogP contribution is -2.38. The van der Waals surface area contributed by atoms with Crippen LogP contribution in [0.5, 0.6) is 5.75 Å². The molecule has 0 heterocycles. The van der Waals surface area contributed by atoms with Gasteiger partial charge in [-0.15, -0.1) is 0 Å². The fourth-order valence-electron chi connectivity index (χ4n) is 2.03. The lowest BCUT2D eigenvalue weighted by molar-refractivity contribution is -0.132. The second-order valence-electron chi connectivity index (χ2n) is 6.51. The summed E-state index contributed by atoms with van der Waals surface area (Å²) in [5.74, 6) is 0.800. The second kappa shape index (κ2) is 8.56. The van der Waals surface area contributed by atoms with E-state index in [0.29, 0.717) is 26.1 Å². The molecular weight excluding hydrogens is 292 g/mol. The molecule has 0 aliphatic rings. The molecule has 0 spiro atoms. The summed E-state index contributed by atoms with van der Waals surface area (Å²) in [4.78, 5) is 25.9. The van der Waals surface area contributed by atoms with E-state index in [2.05, 4.69) is 5.32 Å². The normalized spacial score (nSPS) is 11.0. The van der Waals surface area contributed by atoms with E-state index in [9.17, 15) is 9.59 Å². The van der Waals surface area contributed by atoms with Crippen molar-refractivity contribution in [2.24, 2.45) is 5.41 Å². The van der Waals surface area contributed by atoms with Crippen LogP contribution in [0.25, 0.3) is 0 Å². The highest BCUT2D eigenvalue weighted by Crippen LogP contribution is 2.14. The van der Waals surface area contributed by atoms with Gasteiger partial charge in [0, 0.05) is 31.5 Å². The molecule has 0 aliphatic carbocycles. The summed E-state index contributed by atoms with van der Waals surface area (Å²) < 4.78 is 5.13. The van der Waals surface area contributed by atoms with Gasteiger partial charge in [0.1, 0.15) is 5.75 Å². The molecule has 2 amide bonds. The fourth-order valence-corrected chi connectivity index (χ4v) is 2.03. The maximum Gasteiger partial charge on any atom is 0.225 e. The summed E-state index contributed by atoms with van der Waals surface area (Å²) in [5.41, 5.74) is 0.621. The summed E-state index contributed by atoms with van der Waals surface area (Å²) in [6.45, 7) is 9.08. The summed E-state index contributed by atoms with van der Waals surface area (Å²) in [6, 6.07) is 7.68. The number of rotatable bonds is 7. The van der Waals surface area contributed by atoms with E-state index in [1.807, 2.05) is 52.0 Å². The fraction of sp³-hybridized carbons (Fsp3) is 0.556. The van der Waals surface area contributed by atoms with Crippen LogP contribution in [-0.2, 0) is 16.1 Å². The highest BCUT2D eigenvalue weighted by atomic mass is 16.5. The molecule has 5 heteroatoms. The monoisotopic (exact) mass is 320 g/mol. The number of nitrogens with one attached hydrogen (secondary N) is 1. The van der Waals surface area contributed by atoms with E-state index in [1.165, 1.54) is 0 Å². The first-order valence-corrected chi connectivity index (χ1v) is 7.97. The Morgan fingerprint density at radius 1 is 1.17 bits per heavy atom. The van der Waals surface area contributed by atoms with Crippen molar-refractivity contribution in [3.8, 4) is 5.75 Å². The van der Waals surface area contributed by atoms with Gasteiger partial charge in [0.2, 0.25) is 11.8 Å². The van der Waals surface area contributed by atoms with Crippen LogP contribution < -0.4 is 10.1 Å². The third-order valence-electron chi connectivity index (χ3n) is 3.57. The zero-order valence-corrected chi connectivity index (χ0v) is 14.8. The van der Waals surface area contributed by atoms with E-state index in [-0.39, 0.29) is 11.8 Å². The van der Waals surface area contributed by atoms with Crippen LogP contribution in [0.3, 0.4) is 0 Å². The molecule has 0 saturated carbocycles. The zero-order valence-electron chi connectivity index (χ0n) is 14.8. The molecule has 0 fully saturated rings. The predicted octanol–water partition coefficient (Wildman–Crippen LogP) is 2.60. The summed E-state index contributed by atoms with van der Waals surface area (Å²) >= 11 is 0. The molecule has 0 bridgehead atoms. The Hall–Kier alpha value is -2.04. The van der Waals surface area contributed by atoms with Crippen LogP contribution in [0, 0.1) is 5.41 Å². The minimum atomic E-state index is -0.434. The largest absolute Gasteiger partial charge is 0.497 e. The molecular formula is C18H28N2O3. The third kappa shape index (κ3) is 6.30. The van der Waals surface area contributed by atoms with Gasteiger partial charge in [-0.2, -0.15) is 0 Å². The molecule has 0 aliphatic heterocycles. The first-order chi connectivity index (χ1) is 10.8. The highest BCUT2D eigenvalue weighted by Gasteiger charge is 2.21. The molecule has 5 nitrogen and oxygen atoms in total. The second-order valence-corrected chi connectivity index (χ2v) is 6.51. The smallest absolute Gasteiger partial charge is 0.225 e. The van der Waals surface area contributed by atoms with E-state index < -0.39 is 5.41 Å². The maximum absolute atomic E-state index is 12.3. The minimum Gasteiger partial charge on any atom is -0.497 e. The van der Waals surface area contributed by atoms with Gasteiger partial charge in [-0.3, -0.25) is 9.59 Å². The van der Waals surface area contributed by atoms with Crippen molar-refractivity contribution in [1.82, 2.24) is 10.2 Å². The first kappa shape index (κ1) is 19.0. The molecule has 0 aromatic heterocycles. The quantitative estimate of drug-likeness (QED) is 0.840. The van der Waals surface area contributed by atoms with E-state index in [1.54, 1.807) is 12.0 Å². The van der Waals surface area contributed by atoms with Gasteiger partial charge < -0.3 is 15.0 Å². The third-order valence-corrected chi connectivity index (χ3v) is 3.57. The van der Waals surface area contributed by atoms with Gasteiger partial charge in [0.25, 0.3) is 0 Å². The van der Waals surface area contributed by atoms with Crippen molar-refractivity contribution in [3.05, 3.63) is 29.8 Å². The van der Waals surface area contributed by atoms with Crippen LogP contribution in [0.1, 0.15) is 39.7 Å². The van der Waals surface area contributed by atoms with Gasteiger partial charge in [-0.05, 0) is 24.6 Å². The molecule has 0 unspecified atom stereocenters. The van der Waals surface area contributed by atoms with Gasteiger partial charge >= 0.3 is 0 Å². The molecule has 0 saturated heterocycles. The molecule has 128 valence electrons. The lowest BCUT2D eigenvalue weighted by atomic mass is 9.96. The predicted molar refractivity (Wildman–Crippen MR) is 91.2 cm³/mol. The van der Waals surface area contributed by atoms with Crippen LogP contribution in [0.15, 0.2) is 24.3 Å². The van der Waals surface area contributed by atoms with Crippen LogP contribution in [0.2, 0.25) is 0 Å². The molecule has 0 radical (unpaired) electrons. The summed E-state index contributed by atoms with van der Waals surface area (Å²) in [7, 11) is 1.63. The Morgan fingerprint density at radius 2 is 1.78 bits per heavy atom. The standard InChI is InChI=1S/C18H28N2O3/c1-6-20(13-14-7-9-15(23-5)10-8-14)16(21)11-12-19-17(22)18(2,3)4/h7-10H,6,11-13H2,1-5H3,(H,19,22). The Balaban J connectivity index is 2.49. The van der Waals surface area contributed by atoms with E-state index in [4.69, 9.17) is 4.74 Å². The van der Waals surface area contributed by atoms with Crippen molar-refractivity contribution in [2.45, 2.75) is 40.7 Å². The van der Waals surface area contributed by atoms with Gasteiger partial charge in [-0.1, -0.05) is 32.9 Å². The molecule has 1 aromatic rings. The molecule has 1 rings (SSSR count). The number of amides is 2. The number of methoxy groups -OCH3 is 1. The number of carbonyl (C=O) groups excluding carboxylic acids is 2. The molecule has 1 N–H and O–H groups in total. The Kier molecular flexibility index (Phi) is 7.07. The molecule has 0 atom stereocenters. The van der Waals surface area contributed by atoms with Gasteiger partial charge in [-0.25, -0.2) is 0 Å². The Morgan fingerprint density at radius 3 is 2.26 bits per heavy atom. The SMILES string of the molecule is CCN(Cc1ccc(OC)cc1)C(=O)CCNC(=O)C(C)(C)C. The van der Waals surface area contributed by atoms with E-state index >= 15 is 0 Å². The topological polar surface area (TPSA) is 58.6 Å². The molecule has 23 heavy (non-hydrogen) atoms. The highest BCUT2D eigenvalue weighted by molar-refractivity contribution is 5.82. The van der Waals surface area contributed by atoms with Crippen molar-refractivity contribution < 1.29 is 14.3 Å².